The Morgan fingerprint density at radius 3 is 2.00 bits per heavy atom. The lowest BCUT2D eigenvalue weighted by molar-refractivity contribution is -0.388. The van der Waals surface area contributed by atoms with Gasteiger partial charge in [0, 0.05) is 75.7 Å². The molecule has 5 rings (SSSR count). The Morgan fingerprint density at radius 1 is 0.833 bits per heavy atom. The standard InChI is InChI=1S/C30H35F3N4O5/c31-30(32,33)26-20-25(9-10-27(26)37(40)41)42-24-11-13-35(14-12-24)28(38)21-5-4-6-22(19-21)29(39)36-17-15-34(16-18-36)23-7-2-1-3-8-23/h1-3,7-10,20-22,24H,4-6,11-19H2/t21-,22+/m1/s1. The summed E-state index contributed by atoms with van der Waals surface area (Å²) >= 11 is 0. The molecule has 2 aromatic carbocycles. The van der Waals surface area contributed by atoms with Crippen LogP contribution in [0.2, 0.25) is 0 Å². The summed E-state index contributed by atoms with van der Waals surface area (Å²) in [6.07, 6.45) is -1.54. The van der Waals surface area contributed by atoms with E-state index in [1.165, 1.54) is 6.07 Å². The molecule has 12 heteroatoms. The highest BCUT2D eigenvalue weighted by molar-refractivity contribution is 5.83. The Hall–Kier alpha value is -3.83. The predicted molar refractivity (Wildman–Crippen MR) is 149 cm³/mol. The highest BCUT2D eigenvalue weighted by Gasteiger charge is 2.40. The summed E-state index contributed by atoms with van der Waals surface area (Å²) in [5, 5.41) is 11.0. The van der Waals surface area contributed by atoms with Gasteiger partial charge in [0.25, 0.3) is 5.69 Å². The monoisotopic (exact) mass is 588 g/mol. The van der Waals surface area contributed by atoms with E-state index in [-0.39, 0.29) is 29.4 Å². The number of carbonyl (C=O) groups is 2. The van der Waals surface area contributed by atoms with Gasteiger partial charge in [-0.15, -0.1) is 0 Å². The molecule has 2 amide bonds. The van der Waals surface area contributed by atoms with E-state index in [2.05, 4.69) is 17.0 Å². The quantitative estimate of drug-likeness (QED) is 0.343. The number of piperazine rings is 1. The minimum atomic E-state index is -4.88. The maximum Gasteiger partial charge on any atom is 0.423 e. The number of hydrogen-bond acceptors (Lipinski definition) is 6. The van der Waals surface area contributed by atoms with Crippen molar-refractivity contribution < 1.29 is 32.4 Å². The van der Waals surface area contributed by atoms with E-state index in [0.717, 1.165) is 44.1 Å². The van der Waals surface area contributed by atoms with Gasteiger partial charge in [0.05, 0.1) is 4.92 Å². The van der Waals surface area contributed by atoms with Gasteiger partial charge in [-0.05, 0) is 43.5 Å². The molecule has 2 atom stereocenters. The van der Waals surface area contributed by atoms with Crippen LogP contribution in [0.5, 0.6) is 5.75 Å². The Labute approximate surface area is 242 Å². The van der Waals surface area contributed by atoms with Gasteiger partial charge in [-0.1, -0.05) is 24.6 Å². The summed E-state index contributed by atoms with van der Waals surface area (Å²) < 4.78 is 45.7. The molecule has 2 heterocycles. The van der Waals surface area contributed by atoms with Crippen LogP contribution in [0.1, 0.15) is 44.1 Å². The second kappa shape index (κ2) is 12.6. The van der Waals surface area contributed by atoms with Crippen molar-refractivity contribution in [1.82, 2.24) is 9.80 Å². The van der Waals surface area contributed by atoms with Crippen molar-refractivity contribution >= 4 is 23.2 Å². The van der Waals surface area contributed by atoms with Crippen LogP contribution < -0.4 is 9.64 Å². The number of hydrogen-bond donors (Lipinski definition) is 0. The van der Waals surface area contributed by atoms with Crippen LogP contribution >= 0.6 is 0 Å². The molecule has 3 aliphatic rings. The normalized spacial score (nSPS) is 22.1. The van der Waals surface area contributed by atoms with Crippen LogP contribution in [0, 0.1) is 22.0 Å². The molecule has 9 nitrogen and oxygen atoms in total. The lowest BCUT2D eigenvalue weighted by Crippen LogP contribution is -2.51. The Bertz CT molecular complexity index is 1280. The van der Waals surface area contributed by atoms with Crippen molar-refractivity contribution in [3.8, 4) is 5.75 Å². The Balaban J connectivity index is 1.11. The van der Waals surface area contributed by atoms with Gasteiger partial charge in [0.1, 0.15) is 17.4 Å². The number of nitrogens with zero attached hydrogens (tertiary/aromatic N) is 4. The van der Waals surface area contributed by atoms with E-state index >= 15 is 0 Å². The molecule has 0 N–H and O–H groups in total. The third-order valence-corrected chi connectivity index (χ3v) is 8.61. The number of para-hydroxylation sites is 1. The number of halogens is 3. The van der Waals surface area contributed by atoms with Gasteiger partial charge < -0.3 is 19.4 Å². The fourth-order valence-corrected chi connectivity index (χ4v) is 6.34. The summed E-state index contributed by atoms with van der Waals surface area (Å²) in [6, 6.07) is 12.8. The number of piperidine rings is 1. The average molecular weight is 589 g/mol. The first-order valence-electron chi connectivity index (χ1n) is 14.5. The van der Waals surface area contributed by atoms with E-state index in [1.807, 2.05) is 23.1 Å². The molecule has 2 aliphatic heterocycles. The fourth-order valence-electron chi connectivity index (χ4n) is 6.34. The number of likely N-dealkylation sites (tertiary alicyclic amines) is 1. The highest BCUT2D eigenvalue weighted by atomic mass is 19.4. The second-order valence-electron chi connectivity index (χ2n) is 11.3. The molecule has 226 valence electrons. The predicted octanol–water partition coefficient (Wildman–Crippen LogP) is 5.14. The van der Waals surface area contributed by atoms with Crippen molar-refractivity contribution in [2.75, 3.05) is 44.2 Å². The maximum absolute atomic E-state index is 13.4. The number of ether oxygens (including phenoxy) is 1. The summed E-state index contributed by atoms with van der Waals surface area (Å²) in [5.74, 6) is -0.319. The minimum absolute atomic E-state index is 0.0227. The molecule has 0 aromatic heterocycles. The minimum Gasteiger partial charge on any atom is -0.490 e. The third-order valence-electron chi connectivity index (χ3n) is 8.61. The Kier molecular flexibility index (Phi) is 8.88. The first-order chi connectivity index (χ1) is 20.1. The molecule has 0 radical (unpaired) electrons. The topological polar surface area (TPSA) is 96.2 Å². The number of alkyl halides is 3. The molecule has 2 aromatic rings. The van der Waals surface area contributed by atoms with Crippen LogP contribution in [0.4, 0.5) is 24.5 Å². The van der Waals surface area contributed by atoms with Crippen molar-refractivity contribution in [2.45, 2.75) is 50.8 Å². The second-order valence-corrected chi connectivity index (χ2v) is 11.3. The average Bonchev–Trinajstić information content (AvgIpc) is 3.01. The molecule has 42 heavy (non-hydrogen) atoms. The Morgan fingerprint density at radius 2 is 1.43 bits per heavy atom. The van der Waals surface area contributed by atoms with Gasteiger partial charge >= 0.3 is 6.18 Å². The van der Waals surface area contributed by atoms with Crippen LogP contribution in [-0.2, 0) is 15.8 Å². The van der Waals surface area contributed by atoms with E-state index in [9.17, 15) is 32.9 Å². The number of anilines is 1. The van der Waals surface area contributed by atoms with Crippen LogP contribution in [-0.4, -0.2) is 71.9 Å². The van der Waals surface area contributed by atoms with Gasteiger partial charge in [-0.3, -0.25) is 19.7 Å². The summed E-state index contributed by atoms with van der Waals surface area (Å²) in [4.78, 5) is 42.7. The number of rotatable bonds is 6. The first-order valence-corrected chi connectivity index (χ1v) is 14.5. The molecule has 0 spiro atoms. The molecule has 3 fully saturated rings. The van der Waals surface area contributed by atoms with Crippen molar-refractivity contribution in [3.63, 3.8) is 0 Å². The zero-order valence-electron chi connectivity index (χ0n) is 23.3. The van der Waals surface area contributed by atoms with E-state index in [0.29, 0.717) is 51.5 Å². The van der Waals surface area contributed by atoms with Gasteiger partial charge in [-0.2, -0.15) is 13.2 Å². The largest absolute Gasteiger partial charge is 0.490 e. The molecule has 0 unspecified atom stereocenters. The lowest BCUT2D eigenvalue weighted by Gasteiger charge is -2.40. The van der Waals surface area contributed by atoms with Crippen molar-refractivity contribution in [2.24, 2.45) is 11.8 Å². The third kappa shape index (κ3) is 6.79. The lowest BCUT2D eigenvalue weighted by atomic mass is 9.79. The van der Waals surface area contributed by atoms with Crippen LogP contribution in [0.15, 0.2) is 48.5 Å². The van der Waals surface area contributed by atoms with Gasteiger partial charge in [0.2, 0.25) is 11.8 Å². The number of amides is 2. The zero-order chi connectivity index (χ0) is 29.9. The van der Waals surface area contributed by atoms with Crippen molar-refractivity contribution in [1.29, 1.82) is 0 Å². The van der Waals surface area contributed by atoms with Crippen LogP contribution in [0.25, 0.3) is 0 Å². The molecule has 1 saturated carbocycles. The number of nitro benzene ring substituents is 1. The van der Waals surface area contributed by atoms with Crippen molar-refractivity contribution in [3.05, 3.63) is 64.2 Å². The fraction of sp³-hybridized carbons (Fsp3) is 0.533. The summed E-state index contributed by atoms with van der Waals surface area (Å²) in [6.45, 7) is 3.68. The zero-order valence-corrected chi connectivity index (χ0v) is 23.3. The van der Waals surface area contributed by atoms with Gasteiger partial charge in [0.15, 0.2) is 0 Å². The molecule has 2 saturated heterocycles. The molecule has 1 aliphatic carbocycles. The molecule has 0 bridgehead atoms. The van der Waals surface area contributed by atoms with E-state index in [4.69, 9.17) is 4.74 Å². The highest BCUT2D eigenvalue weighted by Crippen LogP contribution is 2.39. The maximum atomic E-state index is 13.4. The number of carbonyl (C=O) groups excluding carboxylic acids is 2. The number of benzene rings is 2. The number of nitro groups is 1. The molecular weight excluding hydrogens is 553 g/mol. The van der Waals surface area contributed by atoms with Gasteiger partial charge in [-0.25, -0.2) is 0 Å². The smallest absolute Gasteiger partial charge is 0.423 e. The summed E-state index contributed by atoms with van der Waals surface area (Å²) in [5.41, 5.74) is -1.22. The molecular formula is C30H35F3N4O5. The van der Waals surface area contributed by atoms with Crippen LogP contribution in [0.3, 0.4) is 0 Å². The van der Waals surface area contributed by atoms with E-state index in [1.54, 1.807) is 4.90 Å². The summed E-state index contributed by atoms with van der Waals surface area (Å²) in [7, 11) is 0. The van der Waals surface area contributed by atoms with E-state index < -0.39 is 28.5 Å². The SMILES string of the molecule is O=C([C@@H]1CCC[C@H](C(=O)N2CCN(c3ccccc3)CC2)C1)N1CCC(Oc2ccc([N+](=O)[O-])c(C(F)(F)F)c2)CC1. The first kappa shape index (κ1) is 29.7.